The van der Waals surface area contributed by atoms with Crippen LogP contribution in [0.2, 0.25) is 0 Å². The van der Waals surface area contributed by atoms with Gasteiger partial charge in [0.15, 0.2) is 17.1 Å². The average Bonchev–Trinajstić information content (AvgIpc) is 2.98. The van der Waals surface area contributed by atoms with Gasteiger partial charge < -0.3 is 25.4 Å². The molecule has 3 aromatic rings. The number of aryl methyl sites for hydroxylation is 1. The molecule has 9 nitrogen and oxygen atoms in total. The van der Waals surface area contributed by atoms with Crippen molar-refractivity contribution in [2.75, 3.05) is 5.32 Å². The molecule has 0 bridgehead atoms. The van der Waals surface area contributed by atoms with Crippen molar-refractivity contribution in [1.82, 2.24) is 19.6 Å². The average molecular weight is 369 g/mol. The van der Waals surface area contributed by atoms with Crippen LogP contribution in [0.3, 0.4) is 0 Å². The Labute approximate surface area is 154 Å². The zero-order chi connectivity index (χ0) is 18.8. The lowest BCUT2D eigenvalue weighted by Gasteiger charge is -2.20. The van der Waals surface area contributed by atoms with Crippen LogP contribution in [0.4, 0.5) is 5.82 Å². The smallest absolute Gasteiger partial charge is 0.197 e. The Bertz CT molecular complexity index is 1020. The highest BCUT2D eigenvalue weighted by Gasteiger charge is 2.76. The first-order valence-corrected chi connectivity index (χ1v) is 8.72. The molecule has 9 heteroatoms. The van der Waals surface area contributed by atoms with Crippen LogP contribution in [0.1, 0.15) is 22.9 Å². The van der Waals surface area contributed by atoms with Gasteiger partial charge in [-0.1, -0.05) is 29.8 Å². The van der Waals surface area contributed by atoms with Gasteiger partial charge in [0.25, 0.3) is 0 Å². The summed E-state index contributed by atoms with van der Waals surface area (Å²) in [5.74, 6) is 0.550. The van der Waals surface area contributed by atoms with Crippen LogP contribution < -0.4 is 5.32 Å². The highest BCUT2D eigenvalue weighted by molar-refractivity contribution is 5.62. The van der Waals surface area contributed by atoms with Gasteiger partial charge in [-0.25, -0.2) is 14.5 Å². The number of benzene rings is 1. The number of aliphatic hydroxyl groups is 3. The van der Waals surface area contributed by atoms with Crippen molar-refractivity contribution >= 4 is 11.5 Å². The largest absolute Gasteiger partial charge is 0.387 e. The predicted octanol–water partition coefficient (Wildman–Crippen LogP) is -0.0488. The molecule has 2 fully saturated rings. The lowest BCUT2D eigenvalue weighted by molar-refractivity contribution is -0.0691. The van der Waals surface area contributed by atoms with E-state index in [1.54, 1.807) is 0 Å². The van der Waals surface area contributed by atoms with Crippen LogP contribution in [0.25, 0.3) is 5.65 Å². The number of fused-ring (bicyclic) bond motifs is 2. The second kappa shape index (κ2) is 5.70. The maximum atomic E-state index is 10.4. The van der Waals surface area contributed by atoms with Crippen LogP contribution in [0.15, 0.2) is 36.8 Å². The molecular weight excluding hydrogens is 350 g/mol. The Kier molecular flexibility index (Phi) is 3.50. The summed E-state index contributed by atoms with van der Waals surface area (Å²) in [5, 5.41) is 37.7. The molecule has 1 saturated carbocycles. The van der Waals surface area contributed by atoms with Crippen LogP contribution in [-0.4, -0.2) is 58.8 Å². The van der Waals surface area contributed by atoms with Crippen LogP contribution >= 0.6 is 0 Å². The van der Waals surface area contributed by atoms with Gasteiger partial charge in [-0.15, -0.1) is 0 Å². The van der Waals surface area contributed by atoms with Gasteiger partial charge in [-0.3, -0.25) is 0 Å². The summed E-state index contributed by atoms with van der Waals surface area (Å²) in [6, 6.07) is 8.15. The molecule has 0 amide bonds. The number of nitrogens with zero attached hydrogens (tertiary/aromatic N) is 4. The number of rotatable bonds is 4. The number of ether oxygens (including phenoxy) is 1. The minimum Gasteiger partial charge on any atom is -0.387 e. The number of aliphatic hydroxyl groups excluding tert-OH is 2. The Hall–Kier alpha value is -2.59. The molecule has 5 atom stereocenters. The predicted molar refractivity (Wildman–Crippen MR) is 93.9 cm³/mol. The van der Waals surface area contributed by atoms with Crippen molar-refractivity contribution in [2.45, 2.75) is 43.5 Å². The normalized spacial score (nSPS) is 31.9. The molecule has 1 aliphatic carbocycles. The summed E-state index contributed by atoms with van der Waals surface area (Å²) in [4.78, 5) is 8.60. The summed E-state index contributed by atoms with van der Waals surface area (Å²) in [7, 11) is 0. The fourth-order valence-electron chi connectivity index (χ4n) is 3.74. The zero-order valence-electron chi connectivity index (χ0n) is 14.5. The number of hydrogen-bond acceptors (Lipinski definition) is 8. The molecule has 1 aromatic carbocycles. The number of hydrogen-bond donors (Lipinski definition) is 4. The molecule has 140 valence electrons. The van der Waals surface area contributed by atoms with Crippen molar-refractivity contribution < 1.29 is 20.1 Å². The Balaban J connectivity index is 1.42. The first kappa shape index (κ1) is 16.6. The number of imidazole rings is 1. The van der Waals surface area contributed by atoms with E-state index in [0.29, 0.717) is 23.7 Å². The van der Waals surface area contributed by atoms with E-state index in [9.17, 15) is 15.3 Å². The van der Waals surface area contributed by atoms with E-state index in [-0.39, 0.29) is 0 Å². The topological polar surface area (TPSA) is 125 Å². The van der Waals surface area contributed by atoms with Gasteiger partial charge in [0, 0.05) is 6.54 Å². The molecule has 5 unspecified atom stereocenters. The second-order valence-corrected chi connectivity index (χ2v) is 7.12. The van der Waals surface area contributed by atoms with Gasteiger partial charge in [0.2, 0.25) is 0 Å². The van der Waals surface area contributed by atoms with Crippen LogP contribution in [0.5, 0.6) is 0 Å². The van der Waals surface area contributed by atoms with E-state index >= 15 is 0 Å². The van der Waals surface area contributed by atoms with Crippen molar-refractivity contribution in [3.63, 3.8) is 0 Å². The lowest BCUT2D eigenvalue weighted by Crippen LogP contribution is -2.34. The maximum Gasteiger partial charge on any atom is 0.197 e. The number of nitrogens with one attached hydrogen (secondary N) is 1. The minimum absolute atomic E-state index is 0.490. The Morgan fingerprint density at radius 2 is 2.11 bits per heavy atom. The highest BCUT2D eigenvalue weighted by Crippen LogP contribution is 2.54. The van der Waals surface area contributed by atoms with Gasteiger partial charge in [-0.2, -0.15) is 5.10 Å². The lowest BCUT2D eigenvalue weighted by atomic mass is 10.1. The zero-order valence-corrected chi connectivity index (χ0v) is 14.5. The van der Waals surface area contributed by atoms with Crippen molar-refractivity contribution in [3.8, 4) is 0 Å². The van der Waals surface area contributed by atoms with Gasteiger partial charge in [0.05, 0.1) is 11.9 Å². The van der Waals surface area contributed by atoms with Crippen molar-refractivity contribution in [3.05, 3.63) is 53.6 Å². The molecule has 4 N–H and O–H groups in total. The molecule has 0 radical (unpaired) electrons. The molecule has 1 saturated heterocycles. The molecule has 3 heterocycles. The first-order valence-electron chi connectivity index (χ1n) is 8.72. The first-order chi connectivity index (χ1) is 13.0. The Morgan fingerprint density at radius 1 is 1.26 bits per heavy atom. The third-order valence-electron chi connectivity index (χ3n) is 5.32. The van der Waals surface area contributed by atoms with E-state index in [1.807, 2.05) is 25.1 Å². The molecule has 5 rings (SSSR count). The second-order valence-electron chi connectivity index (χ2n) is 7.12. The Morgan fingerprint density at radius 3 is 2.85 bits per heavy atom. The summed E-state index contributed by atoms with van der Waals surface area (Å²) in [5.41, 5.74) is 1.66. The van der Waals surface area contributed by atoms with Crippen LogP contribution in [0, 0.1) is 6.92 Å². The van der Waals surface area contributed by atoms with Gasteiger partial charge in [-0.05, 0) is 12.5 Å². The van der Waals surface area contributed by atoms with Gasteiger partial charge >= 0.3 is 0 Å². The molecule has 27 heavy (non-hydrogen) atoms. The molecule has 2 aliphatic rings. The molecule has 1 aliphatic heterocycles. The quantitative estimate of drug-likeness (QED) is 0.505. The summed E-state index contributed by atoms with van der Waals surface area (Å²) < 4.78 is 7.13. The molecular formula is C18H19N5O4. The third kappa shape index (κ3) is 2.36. The monoisotopic (exact) mass is 369 g/mol. The van der Waals surface area contributed by atoms with Crippen molar-refractivity contribution in [1.29, 1.82) is 0 Å². The van der Waals surface area contributed by atoms with E-state index in [0.717, 1.165) is 5.56 Å². The third-order valence-corrected chi connectivity index (χ3v) is 5.32. The molecule has 0 spiro atoms. The van der Waals surface area contributed by atoms with Crippen LogP contribution in [-0.2, 0) is 11.3 Å². The van der Waals surface area contributed by atoms with E-state index in [2.05, 4.69) is 26.4 Å². The maximum absolute atomic E-state index is 10.4. The highest BCUT2D eigenvalue weighted by atomic mass is 16.6. The number of anilines is 1. The molecule has 2 aromatic heterocycles. The minimum atomic E-state index is -1.62. The van der Waals surface area contributed by atoms with E-state index < -0.39 is 30.0 Å². The van der Waals surface area contributed by atoms with E-state index in [1.165, 1.54) is 22.6 Å². The summed E-state index contributed by atoms with van der Waals surface area (Å²) >= 11 is 0. The number of aromatic nitrogens is 4. The van der Waals surface area contributed by atoms with Gasteiger partial charge in [0.1, 0.15) is 30.7 Å². The SMILES string of the molecule is Cc1cccc(CNc2ncnn3c(C4OC5C(O)C5(O)C4O)cnc23)c1. The summed E-state index contributed by atoms with van der Waals surface area (Å²) in [6.45, 7) is 2.61. The fraction of sp³-hybridized carbons (Fsp3) is 0.389. The summed E-state index contributed by atoms with van der Waals surface area (Å²) in [6.07, 6.45) is -1.000. The standard InChI is InChI=1S/C18H19N5O4/c1-9-3-2-4-10(5-9)6-19-16-17-20-7-11(23(17)22-8-21-16)12-13(24)18(26)14(25)15(18)27-12/h2-5,7-8,12-15,24-26H,6H2,1H3,(H,19,21,22). The van der Waals surface area contributed by atoms with E-state index in [4.69, 9.17) is 4.74 Å². The van der Waals surface area contributed by atoms with Crippen molar-refractivity contribution in [2.24, 2.45) is 0 Å². The fourth-order valence-corrected chi connectivity index (χ4v) is 3.74.